The minimum atomic E-state index is 0.782. The quantitative estimate of drug-likeness (QED) is 0.813. The van der Waals surface area contributed by atoms with Gasteiger partial charge in [0, 0.05) is 25.6 Å². The van der Waals surface area contributed by atoms with Gasteiger partial charge in [-0.3, -0.25) is 0 Å². The number of nitrogens with two attached hydrogens (primary N) is 1. The third kappa shape index (κ3) is 3.85. The molecule has 0 amide bonds. The fourth-order valence-electron chi connectivity index (χ4n) is 3.75. The van der Waals surface area contributed by atoms with Crippen LogP contribution in [-0.2, 0) is 6.42 Å². The lowest BCUT2D eigenvalue weighted by molar-refractivity contribution is 0.239. The topological polar surface area (TPSA) is 32.5 Å². The average molecular weight is 287 g/mol. The maximum Gasteiger partial charge on any atom is 0.0110 e. The molecule has 0 spiro atoms. The van der Waals surface area contributed by atoms with E-state index in [0.717, 1.165) is 12.5 Å². The van der Waals surface area contributed by atoms with Gasteiger partial charge in [0.25, 0.3) is 0 Å². The van der Waals surface area contributed by atoms with Crippen LogP contribution < -0.4 is 5.73 Å². The van der Waals surface area contributed by atoms with Crippen LogP contribution in [0.4, 0.5) is 0 Å². The largest absolute Gasteiger partial charge is 0.330 e. The van der Waals surface area contributed by atoms with E-state index in [9.17, 15) is 0 Å². The van der Waals surface area contributed by atoms with E-state index in [2.05, 4.69) is 34.1 Å². The fraction of sp³-hybridized carbons (Fsp3) is 0.667. The zero-order valence-corrected chi connectivity index (χ0v) is 13.1. The summed E-state index contributed by atoms with van der Waals surface area (Å²) in [5.74, 6) is 0.782. The lowest BCUT2D eigenvalue weighted by Crippen LogP contribution is -2.36. The van der Waals surface area contributed by atoms with Gasteiger partial charge in [0.1, 0.15) is 0 Å². The Morgan fingerprint density at radius 3 is 2.67 bits per heavy atom. The van der Waals surface area contributed by atoms with Crippen molar-refractivity contribution in [2.45, 2.75) is 31.6 Å². The summed E-state index contributed by atoms with van der Waals surface area (Å²) < 4.78 is 0. The van der Waals surface area contributed by atoms with Crippen LogP contribution in [0.3, 0.4) is 0 Å². The maximum atomic E-state index is 5.59. The van der Waals surface area contributed by atoms with Gasteiger partial charge in [-0.15, -0.1) is 0 Å². The van der Waals surface area contributed by atoms with E-state index in [0.29, 0.717) is 0 Å². The van der Waals surface area contributed by atoms with Crippen LogP contribution in [0.2, 0.25) is 0 Å². The van der Waals surface area contributed by atoms with Gasteiger partial charge < -0.3 is 15.5 Å². The Morgan fingerprint density at radius 1 is 1.00 bits per heavy atom. The van der Waals surface area contributed by atoms with Crippen molar-refractivity contribution in [2.75, 3.05) is 45.8 Å². The Kier molecular flexibility index (Phi) is 5.28. The highest BCUT2D eigenvalue weighted by atomic mass is 15.2. The van der Waals surface area contributed by atoms with Crippen LogP contribution in [0.25, 0.3) is 0 Å². The molecule has 1 atom stereocenters. The van der Waals surface area contributed by atoms with Crippen molar-refractivity contribution in [3.05, 3.63) is 35.4 Å². The molecule has 3 heteroatoms. The Bertz CT molecular complexity index is 446. The second-order valence-corrected chi connectivity index (χ2v) is 6.59. The Hall–Kier alpha value is -0.900. The molecule has 1 aliphatic heterocycles. The van der Waals surface area contributed by atoms with Gasteiger partial charge in [0.15, 0.2) is 0 Å². The monoisotopic (exact) mass is 287 g/mol. The SMILES string of the molecule is NCCCCN1CCCN(CC2Cc3ccccc32)CC1. The van der Waals surface area contributed by atoms with Crippen LogP contribution >= 0.6 is 0 Å². The number of hydrogen-bond acceptors (Lipinski definition) is 3. The molecule has 116 valence electrons. The molecule has 1 aliphatic carbocycles. The lowest BCUT2D eigenvalue weighted by Gasteiger charge is -2.34. The second kappa shape index (κ2) is 7.39. The molecule has 2 N–H and O–H groups in total. The van der Waals surface area contributed by atoms with Crippen molar-refractivity contribution in [2.24, 2.45) is 5.73 Å². The van der Waals surface area contributed by atoms with Gasteiger partial charge in [-0.2, -0.15) is 0 Å². The van der Waals surface area contributed by atoms with E-state index in [4.69, 9.17) is 5.73 Å². The Balaban J connectivity index is 1.44. The van der Waals surface area contributed by atoms with Crippen molar-refractivity contribution < 1.29 is 0 Å². The lowest BCUT2D eigenvalue weighted by atomic mass is 9.77. The highest BCUT2D eigenvalue weighted by Gasteiger charge is 2.27. The summed E-state index contributed by atoms with van der Waals surface area (Å²) in [6.07, 6.45) is 5.02. The van der Waals surface area contributed by atoms with E-state index in [1.54, 1.807) is 11.1 Å². The van der Waals surface area contributed by atoms with Crippen LogP contribution in [0.15, 0.2) is 24.3 Å². The molecular weight excluding hydrogens is 258 g/mol. The second-order valence-electron chi connectivity index (χ2n) is 6.59. The molecule has 0 aromatic heterocycles. The zero-order chi connectivity index (χ0) is 14.5. The molecule has 3 rings (SSSR count). The fourth-order valence-corrected chi connectivity index (χ4v) is 3.75. The summed E-state index contributed by atoms with van der Waals surface area (Å²) in [5, 5.41) is 0. The van der Waals surface area contributed by atoms with E-state index < -0.39 is 0 Å². The molecular formula is C18H29N3. The third-order valence-electron chi connectivity index (χ3n) is 5.05. The maximum absolute atomic E-state index is 5.59. The van der Waals surface area contributed by atoms with Gasteiger partial charge >= 0.3 is 0 Å². The molecule has 21 heavy (non-hydrogen) atoms. The van der Waals surface area contributed by atoms with Crippen LogP contribution in [-0.4, -0.2) is 55.6 Å². The van der Waals surface area contributed by atoms with E-state index in [-0.39, 0.29) is 0 Å². The van der Waals surface area contributed by atoms with Crippen molar-refractivity contribution in [3.8, 4) is 0 Å². The molecule has 2 aliphatic rings. The number of hydrogen-bond donors (Lipinski definition) is 1. The van der Waals surface area contributed by atoms with Crippen molar-refractivity contribution in [1.29, 1.82) is 0 Å². The smallest absolute Gasteiger partial charge is 0.0110 e. The first-order valence-electron chi connectivity index (χ1n) is 8.59. The highest BCUT2D eigenvalue weighted by molar-refractivity contribution is 5.40. The number of fused-ring (bicyclic) bond motifs is 1. The average Bonchev–Trinajstić information content (AvgIpc) is 2.71. The van der Waals surface area contributed by atoms with Crippen molar-refractivity contribution >= 4 is 0 Å². The van der Waals surface area contributed by atoms with Gasteiger partial charge in [0.2, 0.25) is 0 Å². The predicted octanol–water partition coefficient (Wildman–Crippen LogP) is 2.07. The standard InChI is InChI=1S/C18H29N3/c19-8-3-4-9-20-10-5-11-21(13-12-20)15-17-14-16-6-1-2-7-18(16)17/h1-2,6-7,17H,3-5,8-15,19H2. The molecule has 0 bridgehead atoms. The molecule has 1 heterocycles. The van der Waals surface area contributed by atoms with Crippen molar-refractivity contribution in [1.82, 2.24) is 9.80 Å². The summed E-state index contributed by atoms with van der Waals surface area (Å²) in [4.78, 5) is 5.31. The van der Waals surface area contributed by atoms with Crippen molar-refractivity contribution in [3.63, 3.8) is 0 Å². The Labute approximate surface area is 129 Å². The summed E-state index contributed by atoms with van der Waals surface area (Å²) >= 11 is 0. The van der Waals surface area contributed by atoms with Gasteiger partial charge in [-0.25, -0.2) is 0 Å². The number of benzene rings is 1. The zero-order valence-electron chi connectivity index (χ0n) is 13.1. The van der Waals surface area contributed by atoms with Crippen LogP contribution in [0, 0.1) is 0 Å². The van der Waals surface area contributed by atoms with Crippen LogP contribution in [0.5, 0.6) is 0 Å². The molecule has 1 aromatic rings. The minimum absolute atomic E-state index is 0.782. The number of unbranched alkanes of at least 4 members (excludes halogenated alkanes) is 1. The predicted molar refractivity (Wildman–Crippen MR) is 88.7 cm³/mol. The summed E-state index contributed by atoms with van der Waals surface area (Å²) in [6, 6.07) is 8.96. The first kappa shape index (κ1) is 15.0. The normalized spacial score (nSPS) is 23.4. The number of nitrogens with zero attached hydrogens (tertiary/aromatic N) is 2. The summed E-state index contributed by atoms with van der Waals surface area (Å²) in [7, 11) is 0. The minimum Gasteiger partial charge on any atom is -0.330 e. The molecule has 1 unspecified atom stereocenters. The first-order valence-corrected chi connectivity index (χ1v) is 8.59. The van der Waals surface area contributed by atoms with Crippen LogP contribution in [0.1, 0.15) is 36.3 Å². The first-order chi connectivity index (χ1) is 10.4. The molecule has 0 saturated carbocycles. The Morgan fingerprint density at radius 2 is 1.81 bits per heavy atom. The molecule has 0 radical (unpaired) electrons. The van der Waals surface area contributed by atoms with E-state index in [1.807, 2.05) is 0 Å². The molecule has 1 fully saturated rings. The van der Waals surface area contributed by atoms with Gasteiger partial charge in [0.05, 0.1) is 0 Å². The van der Waals surface area contributed by atoms with Gasteiger partial charge in [-0.1, -0.05) is 24.3 Å². The highest BCUT2D eigenvalue weighted by Crippen LogP contribution is 2.35. The summed E-state index contributed by atoms with van der Waals surface area (Å²) in [6.45, 7) is 8.33. The van der Waals surface area contributed by atoms with Gasteiger partial charge in [-0.05, 0) is 63.0 Å². The summed E-state index contributed by atoms with van der Waals surface area (Å²) in [5.41, 5.74) is 8.75. The third-order valence-corrected chi connectivity index (χ3v) is 5.05. The molecule has 3 nitrogen and oxygen atoms in total. The number of rotatable bonds is 6. The molecule has 1 saturated heterocycles. The molecule has 1 aromatic carbocycles. The van der Waals surface area contributed by atoms with E-state index in [1.165, 1.54) is 65.0 Å². The van der Waals surface area contributed by atoms with E-state index >= 15 is 0 Å².